The highest BCUT2D eigenvalue weighted by atomic mass is 16.4. The van der Waals surface area contributed by atoms with Crippen LogP contribution in [0.2, 0.25) is 0 Å². The van der Waals surface area contributed by atoms with Gasteiger partial charge < -0.3 is 21.2 Å². The van der Waals surface area contributed by atoms with Crippen LogP contribution < -0.4 is 11.1 Å². The first-order valence-electron chi connectivity index (χ1n) is 4.06. The lowest BCUT2D eigenvalue weighted by Gasteiger charge is -2.13. The zero-order valence-corrected chi connectivity index (χ0v) is 7.75. The van der Waals surface area contributed by atoms with Crippen molar-refractivity contribution in [2.45, 2.75) is 6.92 Å². The summed E-state index contributed by atoms with van der Waals surface area (Å²) in [5.41, 5.74) is 5.25. The van der Waals surface area contributed by atoms with Gasteiger partial charge >= 0.3 is 0 Å². The Kier molecular flexibility index (Phi) is 6.41. The van der Waals surface area contributed by atoms with Gasteiger partial charge in [0.25, 0.3) is 0 Å². The van der Waals surface area contributed by atoms with E-state index in [9.17, 15) is 0 Å². The Hall–Kier alpha value is -0.810. The van der Waals surface area contributed by atoms with Gasteiger partial charge in [0.1, 0.15) is 0 Å². The monoisotopic (exact) mass is 174 g/mol. The standard InChI is InChI=1S/C7H18N4O/c1-3-11(2)5-4-9-6-7(8)10-12/h9,12H,3-6H2,1-2H3,(H2,8,10). The summed E-state index contributed by atoms with van der Waals surface area (Å²) >= 11 is 0. The third-order valence-corrected chi connectivity index (χ3v) is 1.64. The molecule has 0 aliphatic heterocycles. The van der Waals surface area contributed by atoms with Crippen molar-refractivity contribution >= 4 is 5.84 Å². The van der Waals surface area contributed by atoms with Gasteiger partial charge in [0.2, 0.25) is 0 Å². The van der Waals surface area contributed by atoms with Gasteiger partial charge in [-0.15, -0.1) is 0 Å². The SMILES string of the molecule is CCN(C)CCNCC(N)=NO. The molecular weight excluding hydrogens is 156 g/mol. The van der Waals surface area contributed by atoms with Gasteiger partial charge in [-0.25, -0.2) is 0 Å². The third kappa shape index (κ3) is 5.94. The fourth-order valence-corrected chi connectivity index (χ4v) is 0.680. The molecule has 0 saturated heterocycles. The van der Waals surface area contributed by atoms with E-state index in [4.69, 9.17) is 10.9 Å². The van der Waals surface area contributed by atoms with E-state index in [0.29, 0.717) is 6.54 Å². The minimum absolute atomic E-state index is 0.217. The minimum atomic E-state index is 0.217. The number of amidine groups is 1. The Morgan fingerprint density at radius 1 is 1.67 bits per heavy atom. The fourth-order valence-electron chi connectivity index (χ4n) is 0.680. The molecule has 0 heterocycles. The summed E-state index contributed by atoms with van der Waals surface area (Å²) in [7, 11) is 2.05. The van der Waals surface area contributed by atoms with Crippen LogP contribution in [0.4, 0.5) is 0 Å². The first-order valence-corrected chi connectivity index (χ1v) is 4.06. The molecule has 4 N–H and O–H groups in total. The second-order valence-corrected chi connectivity index (χ2v) is 2.66. The van der Waals surface area contributed by atoms with E-state index in [2.05, 4.69) is 22.3 Å². The average Bonchev–Trinajstić information content (AvgIpc) is 2.11. The number of oxime groups is 1. The maximum Gasteiger partial charge on any atom is 0.153 e. The lowest BCUT2D eigenvalue weighted by Crippen LogP contribution is -2.34. The number of nitrogens with zero attached hydrogens (tertiary/aromatic N) is 2. The van der Waals surface area contributed by atoms with Crippen molar-refractivity contribution in [3.05, 3.63) is 0 Å². The Balaban J connectivity index is 3.21. The number of hydrogen-bond donors (Lipinski definition) is 3. The Morgan fingerprint density at radius 3 is 2.83 bits per heavy atom. The number of nitrogens with one attached hydrogen (secondary N) is 1. The lowest BCUT2D eigenvalue weighted by atomic mass is 10.5. The summed E-state index contributed by atoms with van der Waals surface area (Å²) in [6.07, 6.45) is 0. The zero-order valence-electron chi connectivity index (χ0n) is 7.75. The van der Waals surface area contributed by atoms with E-state index in [1.165, 1.54) is 0 Å². The summed E-state index contributed by atoms with van der Waals surface area (Å²) in [5, 5.41) is 14.1. The van der Waals surface area contributed by atoms with Gasteiger partial charge in [0.05, 0.1) is 6.54 Å². The van der Waals surface area contributed by atoms with Crippen LogP contribution in [-0.2, 0) is 0 Å². The minimum Gasteiger partial charge on any atom is -0.409 e. The molecule has 0 aliphatic carbocycles. The van der Waals surface area contributed by atoms with Gasteiger partial charge in [-0.05, 0) is 13.6 Å². The average molecular weight is 174 g/mol. The van der Waals surface area contributed by atoms with E-state index in [1.807, 2.05) is 7.05 Å². The lowest BCUT2D eigenvalue weighted by molar-refractivity contribution is 0.316. The smallest absolute Gasteiger partial charge is 0.153 e. The third-order valence-electron chi connectivity index (χ3n) is 1.64. The highest BCUT2D eigenvalue weighted by Crippen LogP contribution is 1.77. The van der Waals surface area contributed by atoms with Gasteiger partial charge in [-0.2, -0.15) is 0 Å². The first kappa shape index (κ1) is 11.2. The van der Waals surface area contributed by atoms with Crippen molar-refractivity contribution in [2.24, 2.45) is 10.9 Å². The van der Waals surface area contributed by atoms with E-state index in [1.54, 1.807) is 0 Å². The van der Waals surface area contributed by atoms with Crippen LogP contribution in [0.15, 0.2) is 5.16 Å². The number of rotatable bonds is 6. The van der Waals surface area contributed by atoms with Crippen molar-refractivity contribution in [3.8, 4) is 0 Å². The van der Waals surface area contributed by atoms with Crippen LogP contribution >= 0.6 is 0 Å². The normalized spacial score (nSPS) is 12.4. The molecule has 72 valence electrons. The molecule has 0 saturated carbocycles. The van der Waals surface area contributed by atoms with Crippen molar-refractivity contribution in [1.82, 2.24) is 10.2 Å². The predicted octanol–water partition coefficient (Wildman–Crippen LogP) is -0.726. The Morgan fingerprint density at radius 2 is 2.33 bits per heavy atom. The topological polar surface area (TPSA) is 73.9 Å². The summed E-state index contributed by atoms with van der Waals surface area (Å²) < 4.78 is 0. The van der Waals surface area contributed by atoms with Crippen molar-refractivity contribution in [3.63, 3.8) is 0 Å². The molecule has 0 amide bonds. The molecule has 0 spiro atoms. The fraction of sp³-hybridized carbons (Fsp3) is 0.857. The Bertz CT molecular complexity index is 137. The first-order chi connectivity index (χ1) is 5.70. The summed E-state index contributed by atoms with van der Waals surface area (Å²) in [5.74, 6) is 0.217. The molecule has 0 rings (SSSR count). The number of hydrogen-bond acceptors (Lipinski definition) is 4. The van der Waals surface area contributed by atoms with Crippen molar-refractivity contribution < 1.29 is 5.21 Å². The Labute approximate surface area is 73.2 Å². The van der Waals surface area contributed by atoms with Gasteiger partial charge in [-0.3, -0.25) is 0 Å². The number of nitrogens with two attached hydrogens (primary N) is 1. The maximum absolute atomic E-state index is 8.20. The van der Waals surface area contributed by atoms with Crippen molar-refractivity contribution in [2.75, 3.05) is 33.2 Å². The molecule has 5 heteroatoms. The molecule has 0 unspecified atom stereocenters. The summed E-state index contributed by atoms with van der Waals surface area (Å²) in [6, 6.07) is 0. The molecule has 0 bridgehead atoms. The molecule has 0 aromatic carbocycles. The molecule has 12 heavy (non-hydrogen) atoms. The highest BCUT2D eigenvalue weighted by molar-refractivity contribution is 5.81. The van der Waals surface area contributed by atoms with Gasteiger partial charge in [0, 0.05) is 13.1 Å². The van der Waals surface area contributed by atoms with E-state index in [0.717, 1.165) is 19.6 Å². The van der Waals surface area contributed by atoms with Crippen LogP contribution in [0, 0.1) is 0 Å². The molecular formula is C7H18N4O. The van der Waals surface area contributed by atoms with E-state index < -0.39 is 0 Å². The largest absolute Gasteiger partial charge is 0.409 e. The zero-order chi connectivity index (χ0) is 9.40. The molecule has 0 aliphatic rings. The molecule has 0 radical (unpaired) electrons. The van der Waals surface area contributed by atoms with Crippen LogP contribution in [0.25, 0.3) is 0 Å². The summed E-state index contributed by atoms with van der Waals surface area (Å²) in [6.45, 7) is 5.39. The van der Waals surface area contributed by atoms with Crippen LogP contribution in [0.3, 0.4) is 0 Å². The summed E-state index contributed by atoms with van der Waals surface area (Å²) in [4.78, 5) is 2.18. The molecule has 0 aromatic rings. The van der Waals surface area contributed by atoms with E-state index >= 15 is 0 Å². The predicted molar refractivity (Wildman–Crippen MR) is 49.4 cm³/mol. The molecule has 5 nitrogen and oxygen atoms in total. The van der Waals surface area contributed by atoms with Gasteiger partial charge in [0.15, 0.2) is 5.84 Å². The highest BCUT2D eigenvalue weighted by Gasteiger charge is 1.94. The van der Waals surface area contributed by atoms with Crippen LogP contribution in [0.5, 0.6) is 0 Å². The van der Waals surface area contributed by atoms with Gasteiger partial charge in [-0.1, -0.05) is 12.1 Å². The molecule has 0 atom stereocenters. The molecule has 0 fully saturated rings. The quantitative estimate of drug-likeness (QED) is 0.163. The second-order valence-electron chi connectivity index (χ2n) is 2.66. The maximum atomic E-state index is 8.20. The van der Waals surface area contributed by atoms with E-state index in [-0.39, 0.29) is 5.84 Å². The van der Waals surface area contributed by atoms with Crippen LogP contribution in [0.1, 0.15) is 6.92 Å². The van der Waals surface area contributed by atoms with Crippen LogP contribution in [-0.4, -0.2) is 49.2 Å². The molecule has 0 aromatic heterocycles. The number of likely N-dealkylation sites (N-methyl/N-ethyl adjacent to an activating group) is 1. The second kappa shape index (κ2) is 6.87. The van der Waals surface area contributed by atoms with Crippen molar-refractivity contribution in [1.29, 1.82) is 0 Å².